The van der Waals surface area contributed by atoms with Crippen molar-refractivity contribution in [2.75, 3.05) is 6.61 Å². The van der Waals surface area contributed by atoms with Crippen LogP contribution in [0.3, 0.4) is 0 Å². The molecule has 4 nitrogen and oxygen atoms in total. The second-order valence-electron chi connectivity index (χ2n) is 5.58. The van der Waals surface area contributed by atoms with Gasteiger partial charge in [-0.2, -0.15) is 0 Å². The summed E-state index contributed by atoms with van der Waals surface area (Å²) in [4.78, 5) is 23.0. The van der Waals surface area contributed by atoms with Crippen LogP contribution < -0.4 is 0 Å². The largest absolute Gasteiger partial charge is 0.466 e. The van der Waals surface area contributed by atoms with E-state index in [2.05, 4.69) is 13.8 Å². The maximum absolute atomic E-state index is 11.6. The fourth-order valence-corrected chi connectivity index (χ4v) is 2.01. The molecule has 0 aromatic carbocycles. The first-order valence-electron chi connectivity index (χ1n) is 8.45. The number of esters is 2. The summed E-state index contributed by atoms with van der Waals surface area (Å²) >= 11 is 0. The minimum absolute atomic E-state index is 0.0231. The average molecular weight is 300 g/mol. The van der Waals surface area contributed by atoms with E-state index in [0.29, 0.717) is 25.9 Å². The van der Waals surface area contributed by atoms with Crippen LogP contribution in [0.15, 0.2) is 0 Å². The van der Waals surface area contributed by atoms with Crippen LogP contribution in [0.4, 0.5) is 0 Å². The van der Waals surface area contributed by atoms with E-state index in [1.54, 1.807) is 0 Å². The fourth-order valence-electron chi connectivity index (χ4n) is 2.01. The van der Waals surface area contributed by atoms with Crippen LogP contribution >= 0.6 is 0 Å². The highest BCUT2D eigenvalue weighted by Crippen LogP contribution is 2.08. The molecule has 0 amide bonds. The van der Waals surface area contributed by atoms with Gasteiger partial charge in [-0.3, -0.25) is 9.59 Å². The molecule has 0 rings (SSSR count). The Morgan fingerprint density at radius 1 is 0.857 bits per heavy atom. The van der Waals surface area contributed by atoms with E-state index >= 15 is 0 Å². The minimum Gasteiger partial charge on any atom is -0.466 e. The predicted octanol–water partition coefficient (Wildman–Crippen LogP) is 4.40. The molecule has 1 atom stereocenters. The van der Waals surface area contributed by atoms with Gasteiger partial charge in [0.05, 0.1) is 12.7 Å². The van der Waals surface area contributed by atoms with Crippen molar-refractivity contribution in [3.8, 4) is 0 Å². The molecule has 1 unspecified atom stereocenters. The SMILES string of the molecule is CCCCCOC(=O)CCCC(=O)OC(C)CCCCC. The Labute approximate surface area is 129 Å². The molecule has 0 fully saturated rings. The van der Waals surface area contributed by atoms with Gasteiger partial charge in [-0.1, -0.05) is 39.5 Å². The minimum atomic E-state index is -0.213. The molecule has 0 aliphatic heterocycles. The maximum Gasteiger partial charge on any atom is 0.306 e. The van der Waals surface area contributed by atoms with Crippen LogP contribution in [0.5, 0.6) is 0 Å². The normalized spacial score (nSPS) is 12.0. The van der Waals surface area contributed by atoms with E-state index in [4.69, 9.17) is 9.47 Å². The van der Waals surface area contributed by atoms with Crippen molar-refractivity contribution in [2.45, 2.75) is 91.1 Å². The van der Waals surface area contributed by atoms with Crippen LogP contribution in [-0.2, 0) is 19.1 Å². The number of carbonyl (C=O) groups excluding carboxylic acids is 2. The van der Waals surface area contributed by atoms with Gasteiger partial charge in [0.15, 0.2) is 0 Å². The summed E-state index contributed by atoms with van der Waals surface area (Å²) in [6, 6.07) is 0. The number of carbonyl (C=O) groups is 2. The van der Waals surface area contributed by atoms with Crippen molar-refractivity contribution in [2.24, 2.45) is 0 Å². The van der Waals surface area contributed by atoms with Crippen molar-refractivity contribution in [1.82, 2.24) is 0 Å². The lowest BCUT2D eigenvalue weighted by atomic mass is 10.1. The van der Waals surface area contributed by atoms with E-state index in [9.17, 15) is 9.59 Å². The monoisotopic (exact) mass is 300 g/mol. The number of rotatable bonds is 13. The van der Waals surface area contributed by atoms with Crippen molar-refractivity contribution in [3.05, 3.63) is 0 Å². The Bertz CT molecular complexity index is 276. The molecular weight excluding hydrogens is 268 g/mol. The highest BCUT2D eigenvalue weighted by Gasteiger charge is 2.10. The first kappa shape index (κ1) is 19.9. The molecule has 0 N–H and O–H groups in total. The molecular formula is C17H32O4. The summed E-state index contributed by atoms with van der Waals surface area (Å²) in [7, 11) is 0. The zero-order valence-electron chi connectivity index (χ0n) is 14.0. The smallest absolute Gasteiger partial charge is 0.306 e. The molecule has 0 saturated carbocycles. The molecule has 0 bridgehead atoms. The van der Waals surface area contributed by atoms with E-state index in [1.165, 1.54) is 12.8 Å². The van der Waals surface area contributed by atoms with Crippen LogP contribution in [0.1, 0.15) is 85.0 Å². The van der Waals surface area contributed by atoms with Gasteiger partial charge in [0.1, 0.15) is 0 Å². The van der Waals surface area contributed by atoms with Gasteiger partial charge < -0.3 is 9.47 Å². The maximum atomic E-state index is 11.6. The zero-order chi connectivity index (χ0) is 15.9. The molecule has 0 aliphatic rings. The Kier molecular flexibility index (Phi) is 13.2. The second-order valence-corrected chi connectivity index (χ2v) is 5.58. The summed E-state index contributed by atoms with van der Waals surface area (Å²) in [6.45, 7) is 6.68. The van der Waals surface area contributed by atoms with Gasteiger partial charge in [-0.25, -0.2) is 0 Å². The number of ether oxygens (including phenoxy) is 2. The van der Waals surface area contributed by atoms with Gasteiger partial charge in [0, 0.05) is 12.8 Å². The Morgan fingerprint density at radius 3 is 2.14 bits per heavy atom. The first-order valence-corrected chi connectivity index (χ1v) is 8.45. The predicted molar refractivity (Wildman–Crippen MR) is 84.0 cm³/mol. The molecule has 0 saturated heterocycles. The van der Waals surface area contributed by atoms with E-state index in [0.717, 1.165) is 32.1 Å². The Hall–Kier alpha value is -1.06. The van der Waals surface area contributed by atoms with Gasteiger partial charge in [0.25, 0.3) is 0 Å². The van der Waals surface area contributed by atoms with Gasteiger partial charge in [-0.15, -0.1) is 0 Å². The molecule has 0 heterocycles. The zero-order valence-corrected chi connectivity index (χ0v) is 14.0. The molecule has 0 spiro atoms. The molecule has 124 valence electrons. The number of hydrogen-bond acceptors (Lipinski definition) is 4. The third kappa shape index (κ3) is 13.7. The molecule has 4 heteroatoms. The lowest BCUT2D eigenvalue weighted by Gasteiger charge is -2.12. The third-order valence-corrected chi connectivity index (χ3v) is 3.32. The molecule has 0 radical (unpaired) electrons. The van der Waals surface area contributed by atoms with Crippen LogP contribution in [0, 0.1) is 0 Å². The average Bonchev–Trinajstić information content (AvgIpc) is 2.44. The van der Waals surface area contributed by atoms with Gasteiger partial charge in [0.2, 0.25) is 0 Å². The third-order valence-electron chi connectivity index (χ3n) is 3.32. The van der Waals surface area contributed by atoms with Crippen molar-refractivity contribution < 1.29 is 19.1 Å². The fraction of sp³-hybridized carbons (Fsp3) is 0.882. The lowest BCUT2D eigenvalue weighted by Crippen LogP contribution is -2.15. The van der Waals surface area contributed by atoms with Crippen LogP contribution in [-0.4, -0.2) is 24.6 Å². The molecule has 21 heavy (non-hydrogen) atoms. The van der Waals surface area contributed by atoms with Crippen molar-refractivity contribution in [3.63, 3.8) is 0 Å². The summed E-state index contributed by atoms with van der Waals surface area (Å²) in [5, 5.41) is 0. The first-order chi connectivity index (χ1) is 10.1. The molecule has 0 aliphatic carbocycles. The van der Waals surface area contributed by atoms with Gasteiger partial charge in [-0.05, 0) is 32.6 Å². The number of unbranched alkanes of at least 4 members (excludes halogenated alkanes) is 4. The van der Waals surface area contributed by atoms with Crippen LogP contribution in [0.25, 0.3) is 0 Å². The summed E-state index contributed by atoms with van der Waals surface area (Å²) in [5.74, 6) is -0.423. The van der Waals surface area contributed by atoms with E-state index < -0.39 is 0 Å². The standard InChI is InChI=1S/C17H32O4/c1-4-6-8-11-15(3)21-17(19)13-10-12-16(18)20-14-9-7-5-2/h15H,4-14H2,1-3H3. The quantitative estimate of drug-likeness (QED) is 0.373. The lowest BCUT2D eigenvalue weighted by molar-refractivity contribution is -0.149. The van der Waals surface area contributed by atoms with Crippen molar-refractivity contribution >= 4 is 11.9 Å². The highest BCUT2D eigenvalue weighted by atomic mass is 16.5. The molecule has 0 aromatic heterocycles. The summed E-state index contributed by atoms with van der Waals surface area (Å²) in [5.41, 5.74) is 0. The highest BCUT2D eigenvalue weighted by molar-refractivity contribution is 5.72. The van der Waals surface area contributed by atoms with Gasteiger partial charge >= 0.3 is 11.9 Å². The van der Waals surface area contributed by atoms with Crippen LogP contribution in [0.2, 0.25) is 0 Å². The van der Waals surface area contributed by atoms with E-state index in [-0.39, 0.29) is 18.0 Å². The second kappa shape index (κ2) is 13.9. The number of hydrogen-bond donors (Lipinski definition) is 0. The topological polar surface area (TPSA) is 52.6 Å². The Morgan fingerprint density at radius 2 is 1.48 bits per heavy atom. The summed E-state index contributed by atoms with van der Waals surface area (Å²) < 4.78 is 10.4. The molecule has 0 aromatic rings. The summed E-state index contributed by atoms with van der Waals surface area (Å²) in [6.07, 6.45) is 8.53. The van der Waals surface area contributed by atoms with Crippen molar-refractivity contribution in [1.29, 1.82) is 0 Å². The Balaban J connectivity index is 3.53. The van der Waals surface area contributed by atoms with E-state index in [1.807, 2.05) is 6.92 Å².